The SMILES string of the molecule is CC(C)(C)c1cccc(-c2cccc3c2N(c2c(-c4ccccc4)cccc2-c2ccccc2)[CH-]N3c2[c-]c(Oc3[c-]c4c(cc3)c3cc(-c5cc(C(C)(C)C)cc(C(C)(C)C)c5)ccc3n4-c3cc(C(C)(C)C)ccn3)ccc2)c1.[Pt]. The van der Waals surface area contributed by atoms with Crippen molar-refractivity contribution in [3.8, 4) is 61.8 Å². The summed E-state index contributed by atoms with van der Waals surface area (Å²) in [5.41, 5.74) is 20.2. The van der Waals surface area contributed by atoms with E-state index in [2.05, 4.69) is 304 Å². The Labute approximate surface area is 500 Å². The van der Waals surface area contributed by atoms with Crippen LogP contribution in [0.5, 0.6) is 11.5 Å². The quantitative estimate of drug-likeness (QED) is 0.135. The van der Waals surface area contributed by atoms with Gasteiger partial charge in [0.05, 0.1) is 0 Å². The average molecular weight is 1250 g/mol. The van der Waals surface area contributed by atoms with E-state index in [1.165, 1.54) is 33.4 Å². The third-order valence-corrected chi connectivity index (χ3v) is 16.0. The molecule has 0 atom stereocenters. The molecule has 2 aromatic heterocycles. The van der Waals surface area contributed by atoms with Crippen LogP contribution in [0, 0.1) is 18.8 Å². The summed E-state index contributed by atoms with van der Waals surface area (Å²) in [6.07, 6.45) is 1.93. The van der Waals surface area contributed by atoms with Crippen molar-refractivity contribution < 1.29 is 25.8 Å². The molecule has 0 fully saturated rings. The molecule has 3 heterocycles. The predicted molar refractivity (Wildman–Crippen MR) is 341 cm³/mol. The zero-order valence-electron chi connectivity index (χ0n) is 49.2. The Balaban J connectivity index is 0.00000705. The van der Waals surface area contributed by atoms with Crippen molar-refractivity contribution in [2.24, 2.45) is 0 Å². The van der Waals surface area contributed by atoms with Gasteiger partial charge in [0, 0.05) is 78.0 Å². The van der Waals surface area contributed by atoms with Crippen molar-refractivity contribution in [1.82, 2.24) is 9.55 Å². The molecule has 0 spiro atoms. The summed E-state index contributed by atoms with van der Waals surface area (Å²) in [6.45, 7) is 29.6. The minimum Gasteiger partial charge on any atom is -0.509 e. The maximum absolute atomic E-state index is 6.93. The summed E-state index contributed by atoms with van der Waals surface area (Å²) in [6, 6.07) is 80.0. The summed E-state index contributed by atoms with van der Waals surface area (Å²) in [5.74, 6) is 1.99. The topological polar surface area (TPSA) is 33.5 Å². The summed E-state index contributed by atoms with van der Waals surface area (Å²) in [7, 11) is 0. The molecule has 0 N–H and O–H groups in total. The van der Waals surface area contributed by atoms with Crippen LogP contribution in [0.25, 0.3) is 72.1 Å². The van der Waals surface area contributed by atoms with Gasteiger partial charge in [-0.25, -0.2) is 4.98 Å². The predicted octanol–water partition coefficient (Wildman–Crippen LogP) is 20.8. The minimum absolute atomic E-state index is 0. The molecule has 9 aromatic carbocycles. The van der Waals surface area contributed by atoms with E-state index < -0.39 is 0 Å². The molecule has 1 aliphatic rings. The molecule has 0 saturated carbocycles. The number of fused-ring (bicyclic) bond motifs is 4. The zero-order chi connectivity index (χ0) is 56.6. The number of rotatable bonds is 9. The molecule has 414 valence electrons. The minimum atomic E-state index is -0.0794. The van der Waals surface area contributed by atoms with Gasteiger partial charge >= 0.3 is 0 Å². The number of benzene rings is 9. The van der Waals surface area contributed by atoms with Gasteiger partial charge in [-0.2, -0.15) is 12.1 Å². The molecule has 5 nitrogen and oxygen atoms in total. The van der Waals surface area contributed by atoms with E-state index in [9.17, 15) is 0 Å². The van der Waals surface area contributed by atoms with Crippen molar-refractivity contribution in [3.63, 3.8) is 0 Å². The van der Waals surface area contributed by atoms with Gasteiger partial charge in [-0.1, -0.05) is 234 Å². The molecule has 0 saturated heterocycles. The van der Waals surface area contributed by atoms with Gasteiger partial charge in [0.15, 0.2) is 0 Å². The van der Waals surface area contributed by atoms with Crippen LogP contribution < -0.4 is 14.5 Å². The number of aromatic nitrogens is 2. The second-order valence-corrected chi connectivity index (χ2v) is 25.9. The van der Waals surface area contributed by atoms with Crippen molar-refractivity contribution >= 4 is 44.6 Å². The van der Waals surface area contributed by atoms with Gasteiger partial charge in [-0.3, -0.25) is 0 Å². The van der Waals surface area contributed by atoms with E-state index in [-0.39, 0.29) is 42.7 Å². The Hall–Kier alpha value is -7.98. The van der Waals surface area contributed by atoms with Crippen molar-refractivity contribution in [1.29, 1.82) is 0 Å². The third kappa shape index (κ3) is 10.7. The van der Waals surface area contributed by atoms with Crippen LogP contribution in [0.3, 0.4) is 0 Å². The van der Waals surface area contributed by atoms with Crippen LogP contribution in [0.1, 0.15) is 105 Å². The van der Waals surface area contributed by atoms with Gasteiger partial charge in [0.2, 0.25) is 0 Å². The molecule has 12 rings (SSSR count). The summed E-state index contributed by atoms with van der Waals surface area (Å²) >= 11 is 0. The third-order valence-electron chi connectivity index (χ3n) is 16.0. The van der Waals surface area contributed by atoms with Gasteiger partial charge in [-0.05, 0) is 101 Å². The average Bonchev–Trinajstić information content (AvgIpc) is 3.13. The van der Waals surface area contributed by atoms with E-state index in [1.54, 1.807) is 0 Å². The number of anilines is 4. The van der Waals surface area contributed by atoms with Crippen LogP contribution in [0.4, 0.5) is 22.7 Å². The van der Waals surface area contributed by atoms with Crippen LogP contribution in [-0.2, 0) is 42.7 Å². The molecule has 0 radical (unpaired) electrons. The van der Waals surface area contributed by atoms with E-state index in [0.717, 1.165) is 83.8 Å². The number of nitrogens with zero attached hydrogens (tertiary/aromatic N) is 4. The monoisotopic (exact) mass is 1250 g/mol. The number of hydrogen-bond acceptors (Lipinski definition) is 4. The van der Waals surface area contributed by atoms with Crippen LogP contribution in [0.15, 0.2) is 206 Å². The van der Waals surface area contributed by atoms with Crippen LogP contribution >= 0.6 is 0 Å². The standard InChI is InChI=1S/C76H71N4O.Pt/c1-73(2,3)55-28-19-27-53(41-55)64-33-22-34-68-72(64)79(71-62(50-23-15-13-16-24-50)31-21-32-63(71)51-25-17-14-18-26-51)49-78(68)59-29-20-30-60(47-59)81-61-36-37-65-66-44-52(54-42-57(75(7,8)9)45-58(43-54)76(10,11)12)35-38-67(66)80(69(65)48-61)70-46-56(39-40-77-70)74(4,5)6;/h13-46,49H,1-12H3;/q-3;. The molecule has 0 unspecified atom stereocenters. The smallest absolute Gasteiger partial charge is 0.135 e. The first-order valence-electron chi connectivity index (χ1n) is 28.4. The second-order valence-electron chi connectivity index (χ2n) is 25.9. The maximum Gasteiger partial charge on any atom is 0.135 e. The van der Waals surface area contributed by atoms with E-state index in [1.807, 2.05) is 18.3 Å². The number of para-hydroxylation sites is 2. The molecule has 0 bridgehead atoms. The maximum atomic E-state index is 6.93. The normalized spacial score (nSPS) is 12.9. The molecule has 0 amide bonds. The number of hydrogen-bond donors (Lipinski definition) is 0. The molecule has 82 heavy (non-hydrogen) atoms. The molecule has 1 aliphatic heterocycles. The Morgan fingerprint density at radius 2 is 0.951 bits per heavy atom. The van der Waals surface area contributed by atoms with Gasteiger partial charge < -0.3 is 19.1 Å². The van der Waals surface area contributed by atoms with E-state index >= 15 is 0 Å². The van der Waals surface area contributed by atoms with Crippen molar-refractivity contribution in [2.75, 3.05) is 9.80 Å². The van der Waals surface area contributed by atoms with Crippen LogP contribution in [0.2, 0.25) is 0 Å². The molecular formula is C76H71N4OPt-3. The largest absolute Gasteiger partial charge is 0.509 e. The molecule has 0 aliphatic carbocycles. The van der Waals surface area contributed by atoms with Crippen molar-refractivity contribution in [2.45, 2.75) is 105 Å². The second kappa shape index (κ2) is 21.4. The summed E-state index contributed by atoms with van der Waals surface area (Å²) in [4.78, 5) is 9.70. The van der Waals surface area contributed by atoms with E-state index in [0.29, 0.717) is 11.5 Å². The first kappa shape index (κ1) is 55.9. The fraction of sp³-hybridized carbons (Fsp3) is 0.211. The number of ether oxygens (including phenoxy) is 1. The number of pyridine rings is 1. The van der Waals surface area contributed by atoms with Crippen LogP contribution in [-0.4, -0.2) is 9.55 Å². The van der Waals surface area contributed by atoms with Crippen molar-refractivity contribution in [3.05, 3.63) is 247 Å². The Kier molecular flexibility index (Phi) is 14.6. The fourth-order valence-corrected chi connectivity index (χ4v) is 11.3. The van der Waals surface area contributed by atoms with Gasteiger partial charge in [0.1, 0.15) is 5.82 Å². The first-order valence-corrected chi connectivity index (χ1v) is 28.4. The Bertz CT molecular complexity index is 4080. The first-order chi connectivity index (χ1) is 38.7. The molecule has 11 aromatic rings. The molecular weight excluding hydrogens is 1180 g/mol. The zero-order valence-corrected chi connectivity index (χ0v) is 51.5. The van der Waals surface area contributed by atoms with Gasteiger partial charge in [0.25, 0.3) is 0 Å². The Morgan fingerprint density at radius 1 is 0.402 bits per heavy atom. The Morgan fingerprint density at radius 3 is 1.59 bits per heavy atom. The molecule has 6 heteroatoms. The fourth-order valence-electron chi connectivity index (χ4n) is 11.3. The summed E-state index contributed by atoms with van der Waals surface area (Å²) < 4.78 is 9.18. The summed E-state index contributed by atoms with van der Waals surface area (Å²) in [5, 5.41) is 2.20. The van der Waals surface area contributed by atoms with Gasteiger partial charge in [-0.15, -0.1) is 48.1 Å². The van der Waals surface area contributed by atoms with E-state index in [4.69, 9.17) is 9.72 Å².